The highest BCUT2D eigenvalue weighted by molar-refractivity contribution is 7.90. The first-order valence-corrected chi connectivity index (χ1v) is 13.2. The molecule has 0 radical (unpaired) electrons. The number of anilines is 1. The number of aryl methyl sites for hydroxylation is 1. The molecule has 178 valence electrons. The van der Waals surface area contributed by atoms with E-state index in [2.05, 4.69) is 33.1 Å². The van der Waals surface area contributed by atoms with Gasteiger partial charge < -0.3 is 5.32 Å². The summed E-state index contributed by atoms with van der Waals surface area (Å²) in [5.74, 6) is 2.92. The highest BCUT2D eigenvalue weighted by atomic mass is 32.2. The zero-order valence-electron chi connectivity index (χ0n) is 19.2. The monoisotopic (exact) mass is 478 g/mol. The Hall–Kier alpha value is -3.15. The molecule has 1 amide bonds. The number of hydrogen-bond donors (Lipinski definition) is 2. The van der Waals surface area contributed by atoms with Gasteiger partial charge in [-0.05, 0) is 55.0 Å². The van der Waals surface area contributed by atoms with Crippen molar-refractivity contribution in [3.05, 3.63) is 59.7 Å². The Kier molecular flexibility index (Phi) is 7.66. The van der Waals surface area contributed by atoms with Crippen molar-refractivity contribution in [1.29, 1.82) is 0 Å². The molecule has 0 saturated carbocycles. The van der Waals surface area contributed by atoms with Crippen LogP contribution in [-0.2, 0) is 21.2 Å². The lowest BCUT2D eigenvalue weighted by Gasteiger charge is -2.27. The molecule has 2 aromatic carbocycles. The topological polar surface area (TPSA) is 90.9 Å². The molecule has 1 aliphatic heterocycles. The third-order valence-corrected chi connectivity index (χ3v) is 7.62. The summed E-state index contributed by atoms with van der Waals surface area (Å²) in [7, 11) is -3.78. The second-order valence-corrected chi connectivity index (χ2v) is 10.4. The zero-order chi connectivity index (χ0) is 24.0. The maximum atomic E-state index is 12.9. The molecule has 34 heavy (non-hydrogen) atoms. The minimum Gasteiger partial charge on any atom is -0.325 e. The molecule has 1 heterocycles. The molecule has 8 heteroatoms. The van der Waals surface area contributed by atoms with Crippen LogP contribution in [-0.4, -0.2) is 44.7 Å². The Morgan fingerprint density at radius 1 is 1.12 bits per heavy atom. The van der Waals surface area contributed by atoms with Crippen molar-refractivity contribution in [2.75, 3.05) is 25.0 Å². The lowest BCUT2D eigenvalue weighted by atomic mass is 10.1. The summed E-state index contributed by atoms with van der Waals surface area (Å²) >= 11 is 0. The highest BCUT2D eigenvalue weighted by Gasteiger charge is 2.28. The number of terminal acetylenes is 1. The van der Waals surface area contributed by atoms with Crippen LogP contribution in [0, 0.1) is 12.3 Å². The lowest BCUT2D eigenvalue weighted by Crippen LogP contribution is -2.36. The minimum absolute atomic E-state index is 0.0856. The Bertz CT molecular complexity index is 1220. The van der Waals surface area contributed by atoms with Crippen LogP contribution in [0.25, 0.3) is 0 Å². The molecule has 2 N–H and O–H groups in total. The molecule has 2 aliphatic rings. The van der Waals surface area contributed by atoms with Crippen molar-refractivity contribution in [2.45, 2.75) is 49.5 Å². The van der Waals surface area contributed by atoms with Crippen LogP contribution in [0.2, 0.25) is 0 Å². The molecule has 7 nitrogen and oxygen atoms in total. The van der Waals surface area contributed by atoms with E-state index in [0.717, 1.165) is 32.1 Å². The van der Waals surface area contributed by atoms with Gasteiger partial charge in [0.05, 0.1) is 18.0 Å². The van der Waals surface area contributed by atoms with Crippen LogP contribution < -0.4 is 10.0 Å². The van der Waals surface area contributed by atoms with E-state index in [0.29, 0.717) is 31.0 Å². The number of aliphatic imine (C=N–C) groups is 1. The molecule has 0 spiro atoms. The smallest absolute Gasteiger partial charge is 0.262 e. The summed E-state index contributed by atoms with van der Waals surface area (Å²) in [6.45, 7) is 1.11. The average Bonchev–Trinajstić information content (AvgIpc) is 3.09. The summed E-state index contributed by atoms with van der Waals surface area (Å²) < 4.78 is 28.3. The van der Waals surface area contributed by atoms with Crippen molar-refractivity contribution in [1.82, 2.24) is 9.62 Å². The van der Waals surface area contributed by atoms with E-state index in [4.69, 9.17) is 6.42 Å². The largest absolute Gasteiger partial charge is 0.325 e. The van der Waals surface area contributed by atoms with Gasteiger partial charge in [0.15, 0.2) is 0 Å². The fraction of sp³-hybridized carbons (Fsp3) is 0.385. The Morgan fingerprint density at radius 3 is 2.82 bits per heavy atom. The summed E-state index contributed by atoms with van der Waals surface area (Å²) in [5.41, 5.74) is 2.92. The first-order valence-electron chi connectivity index (χ1n) is 11.7. The molecule has 0 aromatic heterocycles. The van der Waals surface area contributed by atoms with Crippen LogP contribution in [0.1, 0.15) is 49.3 Å². The standard InChI is InChI=1S/C26H30N4O3S/c1-2-17-30(24-15-14-20-9-5-6-12-23(20)24)19-26(31)28-21-10-8-11-22(18-21)34(32,33)29-25-13-4-3-7-16-27-25/h1,5-6,8-12,18,24H,3-4,7,13-17,19H2,(H,27,29)(H,28,31). The van der Waals surface area contributed by atoms with Crippen LogP contribution in [0.15, 0.2) is 58.4 Å². The van der Waals surface area contributed by atoms with Crippen molar-refractivity contribution in [3.63, 3.8) is 0 Å². The SMILES string of the molecule is C#CCN(CC(=O)Nc1cccc(S(=O)(=O)NC2=NCCCCC2)c1)C1CCc2ccccc21. The fourth-order valence-corrected chi connectivity index (χ4v) is 5.74. The van der Waals surface area contributed by atoms with Gasteiger partial charge in [-0.1, -0.05) is 42.7 Å². The summed E-state index contributed by atoms with van der Waals surface area (Å²) in [4.78, 5) is 19.3. The number of amides is 1. The van der Waals surface area contributed by atoms with Gasteiger partial charge in [-0.2, -0.15) is 0 Å². The number of fused-ring (bicyclic) bond motifs is 1. The summed E-state index contributed by atoms with van der Waals surface area (Å²) in [6, 6.07) is 14.6. The Morgan fingerprint density at radius 2 is 1.97 bits per heavy atom. The molecule has 1 atom stereocenters. The first-order chi connectivity index (χ1) is 16.5. The van der Waals surface area contributed by atoms with Crippen LogP contribution >= 0.6 is 0 Å². The van der Waals surface area contributed by atoms with Gasteiger partial charge in [-0.25, -0.2) is 8.42 Å². The number of benzene rings is 2. The molecular formula is C26H30N4O3S. The van der Waals surface area contributed by atoms with Gasteiger partial charge in [0, 0.05) is 24.7 Å². The second-order valence-electron chi connectivity index (χ2n) is 8.68. The van der Waals surface area contributed by atoms with Crippen LogP contribution in [0.5, 0.6) is 0 Å². The number of carbonyl (C=O) groups excluding carboxylic acids is 1. The predicted molar refractivity (Wildman–Crippen MR) is 134 cm³/mol. The molecule has 0 saturated heterocycles. The van der Waals surface area contributed by atoms with E-state index >= 15 is 0 Å². The molecule has 1 unspecified atom stereocenters. The van der Waals surface area contributed by atoms with Crippen LogP contribution in [0.3, 0.4) is 0 Å². The third kappa shape index (κ3) is 5.85. The van der Waals surface area contributed by atoms with Crippen molar-refractivity contribution < 1.29 is 13.2 Å². The number of hydrogen-bond acceptors (Lipinski definition) is 5. The number of nitrogens with one attached hydrogen (secondary N) is 2. The fourth-order valence-electron chi connectivity index (χ4n) is 4.60. The number of carbonyl (C=O) groups is 1. The Balaban J connectivity index is 1.43. The van der Waals surface area contributed by atoms with E-state index in [1.807, 2.05) is 17.0 Å². The highest BCUT2D eigenvalue weighted by Crippen LogP contribution is 2.35. The molecule has 4 rings (SSSR count). The molecule has 1 aliphatic carbocycles. The molecule has 0 fully saturated rings. The maximum absolute atomic E-state index is 12.9. The van der Waals surface area contributed by atoms with Crippen molar-refractivity contribution in [3.8, 4) is 12.3 Å². The van der Waals surface area contributed by atoms with Crippen molar-refractivity contribution in [2.24, 2.45) is 4.99 Å². The van der Waals surface area contributed by atoms with Gasteiger partial charge in [0.25, 0.3) is 10.0 Å². The lowest BCUT2D eigenvalue weighted by molar-refractivity contribution is -0.117. The zero-order valence-corrected chi connectivity index (χ0v) is 20.0. The molecule has 2 aromatic rings. The van der Waals surface area contributed by atoms with E-state index in [9.17, 15) is 13.2 Å². The maximum Gasteiger partial charge on any atom is 0.262 e. The van der Waals surface area contributed by atoms with E-state index in [1.54, 1.807) is 12.1 Å². The van der Waals surface area contributed by atoms with Gasteiger partial charge in [-0.3, -0.25) is 19.4 Å². The number of rotatable bonds is 7. The number of amidine groups is 1. The van der Waals surface area contributed by atoms with E-state index in [1.165, 1.54) is 23.3 Å². The normalized spacial score (nSPS) is 17.9. The second kappa shape index (κ2) is 10.9. The average molecular weight is 479 g/mol. The van der Waals surface area contributed by atoms with Gasteiger partial charge >= 0.3 is 0 Å². The minimum atomic E-state index is -3.78. The van der Waals surface area contributed by atoms with Gasteiger partial charge in [-0.15, -0.1) is 6.42 Å². The molecular weight excluding hydrogens is 448 g/mol. The number of nitrogens with zero attached hydrogens (tertiary/aromatic N) is 2. The third-order valence-electron chi connectivity index (χ3n) is 6.24. The van der Waals surface area contributed by atoms with Gasteiger partial charge in [0.2, 0.25) is 5.91 Å². The van der Waals surface area contributed by atoms with Crippen molar-refractivity contribution >= 4 is 27.5 Å². The first kappa shape index (κ1) is 24.0. The molecule has 0 bridgehead atoms. The predicted octanol–water partition coefficient (Wildman–Crippen LogP) is 3.50. The Labute approximate surface area is 201 Å². The van der Waals surface area contributed by atoms with E-state index in [-0.39, 0.29) is 23.4 Å². The van der Waals surface area contributed by atoms with E-state index < -0.39 is 10.0 Å². The summed E-state index contributed by atoms with van der Waals surface area (Å²) in [6.07, 6.45) is 11.0. The number of sulfonamides is 1. The summed E-state index contributed by atoms with van der Waals surface area (Å²) in [5, 5.41) is 2.83. The van der Waals surface area contributed by atoms with Gasteiger partial charge in [0.1, 0.15) is 5.84 Å². The quantitative estimate of drug-likeness (QED) is 0.596. The van der Waals surface area contributed by atoms with Crippen LogP contribution in [0.4, 0.5) is 5.69 Å².